The van der Waals surface area contributed by atoms with Crippen molar-refractivity contribution in [1.82, 2.24) is 9.47 Å². The topological polar surface area (TPSA) is 46.9 Å². The normalized spacial score (nSPS) is 15.3. The van der Waals surface area contributed by atoms with Gasteiger partial charge in [0.05, 0.1) is 19.3 Å². The summed E-state index contributed by atoms with van der Waals surface area (Å²) in [5.74, 6) is 0.420. The van der Waals surface area contributed by atoms with Crippen molar-refractivity contribution in [2.24, 2.45) is 0 Å². The van der Waals surface area contributed by atoms with E-state index in [0.29, 0.717) is 6.67 Å². The van der Waals surface area contributed by atoms with Crippen molar-refractivity contribution in [3.63, 3.8) is 0 Å². The summed E-state index contributed by atoms with van der Waals surface area (Å²) in [4.78, 5) is 16.6. The lowest BCUT2D eigenvalue weighted by Crippen LogP contribution is -2.46. The summed E-state index contributed by atoms with van der Waals surface area (Å²) in [5.41, 5.74) is 0.892. The number of methoxy groups -OCH3 is 1. The van der Waals surface area contributed by atoms with Crippen LogP contribution >= 0.6 is 0 Å². The molecule has 0 aliphatic carbocycles. The number of rotatable bonds is 5. The maximum absolute atomic E-state index is 12.9. The molecule has 1 aliphatic rings. The van der Waals surface area contributed by atoms with Crippen LogP contribution in [-0.4, -0.2) is 49.1 Å². The number of hydrogen-bond acceptors (Lipinski definition) is 5. The fourth-order valence-electron chi connectivity index (χ4n) is 3.82. The van der Waals surface area contributed by atoms with Gasteiger partial charge in [0.2, 0.25) is 0 Å². The van der Waals surface area contributed by atoms with Gasteiger partial charge < -0.3 is 18.9 Å². The summed E-state index contributed by atoms with van der Waals surface area (Å²) in [7, 11) is 1.62. The Balaban J connectivity index is 1.52. The van der Waals surface area contributed by atoms with Gasteiger partial charge in [-0.2, -0.15) is 0 Å². The lowest BCUT2D eigenvalue weighted by molar-refractivity contribution is -0.274. The molecule has 9 heteroatoms. The maximum Gasteiger partial charge on any atom is 0.573 e. The van der Waals surface area contributed by atoms with Crippen LogP contribution in [0.1, 0.15) is 0 Å². The predicted octanol–water partition coefficient (Wildman–Crippen LogP) is 3.69. The van der Waals surface area contributed by atoms with Gasteiger partial charge in [-0.25, -0.2) is 0 Å². The van der Waals surface area contributed by atoms with E-state index in [-0.39, 0.29) is 22.1 Å². The van der Waals surface area contributed by atoms with Crippen molar-refractivity contribution in [3.05, 3.63) is 65.0 Å². The number of piperazine rings is 1. The Morgan fingerprint density at radius 2 is 1.68 bits per heavy atom. The minimum atomic E-state index is -4.84. The number of aromatic nitrogens is 1. The zero-order valence-corrected chi connectivity index (χ0v) is 16.9. The number of fused-ring (bicyclic) bond motifs is 1. The molecule has 1 aromatic heterocycles. The van der Waals surface area contributed by atoms with Crippen LogP contribution in [0.5, 0.6) is 11.5 Å². The van der Waals surface area contributed by atoms with Gasteiger partial charge in [0.1, 0.15) is 5.75 Å². The van der Waals surface area contributed by atoms with Gasteiger partial charge in [0, 0.05) is 49.5 Å². The Morgan fingerprint density at radius 1 is 0.968 bits per heavy atom. The molecule has 6 nitrogen and oxygen atoms in total. The fourth-order valence-corrected chi connectivity index (χ4v) is 3.82. The SMILES string of the molecule is COc1ccc(N2CCN(Cn3ccc(=O)c4cccc(OC(F)(F)F)c43)CC2)cc1. The van der Waals surface area contributed by atoms with E-state index in [4.69, 9.17) is 4.74 Å². The van der Waals surface area contributed by atoms with E-state index in [1.54, 1.807) is 11.7 Å². The Labute approximate surface area is 177 Å². The number of para-hydroxylation sites is 1. The first-order chi connectivity index (χ1) is 14.8. The second-order valence-corrected chi connectivity index (χ2v) is 7.29. The van der Waals surface area contributed by atoms with Crippen LogP contribution in [0.15, 0.2) is 59.5 Å². The number of pyridine rings is 1. The highest BCUT2D eigenvalue weighted by Gasteiger charge is 2.32. The van der Waals surface area contributed by atoms with E-state index in [9.17, 15) is 18.0 Å². The molecule has 3 aromatic rings. The number of ether oxygens (including phenoxy) is 2. The van der Waals surface area contributed by atoms with Gasteiger partial charge in [-0.05, 0) is 36.4 Å². The lowest BCUT2D eigenvalue weighted by atomic mass is 10.2. The van der Waals surface area contributed by atoms with Crippen molar-refractivity contribution in [1.29, 1.82) is 0 Å². The standard InChI is InChI=1S/C22H22F3N3O3/c1-30-17-7-5-16(6-8-17)27-13-11-26(12-14-27)15-28-10-9-19(29)18-3-2-4-20(21(18)28)31-22(23,24)25/h2-10H,11-15H2,1H3. The number of anilines is 1. The summed E-state index contributed by atoms with van der Waals surface area (Å²) in [6.07, 6.45) is -3.32. The number of nitrogens with zero attached hydrogens (tertiary/aromatic N) is 3. The minimum Gasteiger partial charge on any atom is -0.497 e. The molecule has 2 heterocycles. The summed E-state index contributed by atoms with van der Waals surface area (Å²) >= 11 is 0. The van der Waals surface area contributed by atoms with Crippen LogP contribution in [0.2, 0.25) is 0 Å². The van der Waals surface area contributed by atoms with Crippen LogP contribution in [0.4, 0.5) is 18.9 Å². The van der Waals surface area contributed by atoms with Crippen LogP contribution in [0.25, 0.3) is 10.9 Å². The summed E-state index contributed by atoms with van der Waals surface area (Å²) in [6.45, 7) is 3.35. The van der Waals surface area contributed by atoms with Gasteiger partial charge in [-0.1, -0.05) is 6.07 Å². The highest BCUT2D eigenvalue weighted by Crippen LogP contribution is 2.29. The third kappa shape index (κ3) is 4.77. The Morgan fingerprint density at radius 3 is 2.32 bits per heavy atom. The van der Waals surface area contributed by atoms with Crippen molar-refractivity contribution >= 4 is 16.6 Å². The third-order valence-corrected chi connectivity index (χ3v) is 5.35. The van der Waals surface area contributed by atoms with Gasteiger partial charge in [-0.3, -0.25) is 9.69 Å². The van der Waals surface area contributed by atoms with Crippen molar-refractivity contribution in [3.8, 4) is 11.5 Å². The monoisotopic (exact) mass is 433 g/mol. The summed E-state index contributed by atoms with van der Waals surface area (Å²) in [6, 6.07) is 13.3. The van der Waals surface area contributed by atoms with Crippen LogP contribution in [-0.2, 0) is 6.67 Å². The highest BCUT2D eigenvalue weighted by molar-refractivity contribution is 5.84. The van der Waals surface area contributed by atoms with Crippen molar-refractivity contribution < 1.29 is 22.6 Å². The molecule has 0 atom stereocenters. The molecule has 1 saturated heterocycles. The molecule has 0 bridgehead atoms. The molecule has 1 fully saturated rings. The summed E-state index contributed by atoms with van der Waals surface area (Å²) < 4.78 is 49.7. The van der Waals surface area contributed by atoms with Crippen LogP contribution < -0.4 is 19.8 Å². The average Bonchev–Trinajstić information content (AvgIpc) is 2.75. The molecule has 2 aromatic carbocycles. The third-order valence-electron chi connectivity index (χ3n) is 5.35. The zero-order valence-electron chi connectivity index (χ0n) is 16.9. The van der Waals surface area contributed by atoms with Crippen LogP contribution in [0, 0.1) is 0 Å². The number of halogens is 3. The number of alkyl halides is 3. The summed E-state index contributed by atoms with van der Waals surface area (Å²) in [5, 5.41) is 0.195. The average molecular weight is 433 g/mol. The van der Waals surface area contributed by atoms with Crippen molar-refractivity contribution in [2.75, 3.05) is 38.2 Å². The second-order valence-electron chi connectivity index (χ2n) is 7.29. The van der Waals surface area contributed by atoms with E-state index >= 15 is 0 Å². The maximum atomic E-state index is 12.9. The first-order valence-electron chi connectivity index (χ1n) is 9.83. The molecular weight excluding hydrogens is 411 g/mol. The van der Waals surface area contributed by atoms with Gasteiger partial charge in [0.25, 0.3) is 0 Å². The zero-order chi connectivity index (χ0) is 22.0. The van der Waals surface area contributed by atoms with E-state index in [2.05, 4.69) is 14.5 Å². The largest absolute Gasteiger partial charge is 0.573 e. The molecule has 0 unspecified atom stereocenters. The molecule has 4 rings (SSSR count). The van der Waals surface area contributed by atoms with Gasteiger partial charge in [0.15, 0.2) is 11.2 Å². The molecular formula is C22H22F3N3O3. The van der Waals surface area contributed by atoms with Gasteiger partial charge >= 0.3 is 6.36 Å². The molecule has 0 N–H and O–H groups in total. The van der Waals surface area contributed by atoms with Crippen LogP contribution in [0.3, 0.4) is 0 Å². The molecule has 0 saturated carbocycles. The molecule has 0 spiro atoms. The molecule has 1 aliphatic heterocycles. The van der Waals surface area contributed by atoms with Gasteiger partial charge in [-0.15, -0.1) is 13.2 Å². The van der Waals surface area contributed by atoms with E-state index in [0.717, 1.165) is 37.6 Å². The first kappa shape index (κ1) is 21.0. The fraction of sp³-hybridized carbons (Fsp3) is 0.318. The van der Waals surface area contributed by atoms with E-state index in [1.165, 1.54) is 30.5 Å². The second kappa shape index (κ2) is 8.50. The minimum absolute atomic E-state index is 0.143. The highest BCUT2D eigenvalue weighted by atomic mass is 19.4. The molecule has 31 heavy (non-hydrogen) atoms. The lowest BCUT2D eigenvalue weighted by Gasteiger charge is -2.36. The Bertz CT molecular complexity index is 1100. The molecule has 164 valence electrons. The molecule has 0 radical (unpaired) electrons. The first-order valence-corrected chi connectivity index (χ1v) is 9.83. The Hall–Kier alpha value is -3.20. The van der Waals surface area contributed by atoms with Crippen molar-refractivity contribution in [2.45, 2.75) is 13.0 Å². The van der Waals surface area contributed by atoms with E-state index < -0.39 is 6.36 Å². The smallest absolute Gasteiger partial charge is 0.497 e. The number of hydrogen-bond donors (Lipinski definition) is 0. The van der Waals surface area contributed by atoms with E-state index in [1.807, 2.05) is 24.3 Å². The predicted molar refractivity (Wildman–Crippen MR) is 112 cm³/mol. The quantitative estimate of drug-likeness (QED) is 0.614. The number of benzene rings is 2. The Kier molecular flexibility index (Phi) is 5.77. The molecule has 0 amide bonds.